The van der Waals surface area contributed by atoms with Crippen molar-refractivity contribution in [1.29, 1.82) is 0 Å². The predicted octanol–water partition coefficient (Wildman–Crippen LogP) is 3.81. The van der Waals surface area contributed by atoms with Gasteiger partial charge in [0.05, 0.1) is 5.56 Å². The molecule has 0 amide bonds. The van der Waals surface area contributed by atoms with E-state index in [4.69, 9.17) is 0 Å². The van der Waals surface area contributed by atoms with Crippen LogP contribution in [0.3, 0.4) is 0 Å². The summed E-state index contributed by atoms with van der Waals surface area (Å²) >= 11 is 0. The zero-order chi connectivity index (χ0) is 10.2. The zero-order valence-corrected chi connectivity index (χ0v) is 7.56. The fraction of sp³-hybridized carbons (Fsp3) is 0.364. The normalized spacial score (nSPS) is 17.9. The number of hydrogen-bond donors (Lipinski definition) is 0. The third-order valence-electron chi connectivity index (χ3n) is 2.58. The van der Waals surface area contributed by atoms with Gasteiger partial charge in [-0.15, -0.1) is 0 Å². The van der Waals surface area contributed by atoms with Gasteiger partial charge in [-0.3, -0.25) is 0 Å². The molecule has 1 aromatic carbocycles. The van der Waals surface area contributed by atoms with Gasteiger partial charge < -0.3 is 0 Å². The molecule has 0 aliphatic heterocycles. The molecule has 14 heavy (non-hydrogen) atoms. The molecule has 1 radical (unpaired) electrons. The SMILES string of the molecule is FC(F)(F)c1ccc([C]2CCC2)cc1. The van der Waals surface area contributed by atoms with E-state index in [1.807, 2.05) is 0 Å². The third kappa shape index (κ3) is 1.76. The van der Waals surface area contributed by atoms with Gasteiger partial charge >= 0.3 is 6.18 Å². The average molecular weight is 199 g/mol. The highest BCUT2D eigenvalue weighted by molar-refractivity contribution is 5.36. The van der Waals surface area contributed by atoms with Gasteiger partial charge in [0.2, 0.25) is 0 Å². The van der Waals surface area contributed by atoms with Gasteiger partial charge in [-0.1, -0.05) is 18.6 Å². The van der Waals surface area contributed by atoms with Crippen LogP contribution in [0, 0.1) is 5.92 Å². The first kappa shape index (κ1) is 9.56. The maximum absolute atomic E-state index is 12.2. The first-order valence-corrected chi connectivity index (χ1v) is 4.60. The quantitative estimate of drug-likeness (QED) is 0.645. The molecule has 0 unspecified atom stereocenters. The Balaban J connectivity index is 2.17. The van der Waals surface area contributed by atoms with E-state index in [0.29, 0.717) is 0 Å². The van der Waals surface area contributed by atoms with Crippen LogP contribution in [0.1, 0.15) is 30.4 Å². The lowest BCUT2D eigenvalue weighted by Crippen LogP contribution is -2.10. The van der Waals surface area contributed by atoms with E-state index in [0.717, 1.165) is 37.0 Å². The highest BCUT2D eigenvalue weighted by atomic mass is 19.4. The molecule has 0 aromatic heterocycles. The van der Waals surface area contributed by atoms with E-state index in [2.05, 4.69) is 0 Å². The molecule has 1 aliphatic rings. The second-order valence-electron chi connectivity index (χ2n) is 3.53. The van der Waals surface area contributed by atoms with Crippen LogP contribution in [0.25, 0.3) is 0 Å². The van der Waals surface area contributed by atoms with Gasteiger partial charge in [0, 0.05) is 5.92 Å². The van der Waals surface area contributed by atoms with Crippen molar-refractivity contribution in [2.75, 3.05) is 0 Å². The summed E-state index contributed by atoms with van der Waals surface area (Å²) in [5, 5.41) is 0. The lowest BCUT2D eigenvalue weighted by atomic mass is 9.80. The van der Waals surface area contributed by atoms with Crippen molar-refractivity contribution in [3.63, 3.8) is 0 Å². The molecule has 0 nitrogen and oxygen atoms in total. The van der Waals surface area contributed by atoms with Gasteiger partial charge in [0.25, 0.3) is 0 Å². The summed E-state index contributed by atoms with van der Waals surface area (Å²) < 4.78 is 36.6. The second kappa shape index (κ2) is 3.30. The zero-order valence-electron chi connectivity index (χ0n) is 7.56. The van der Waals surface area contributed by atoms with E-state index in [9.17, 15) is 13.2 Å². The van der Waals surface area contributed by atoms with Crippen molar-refractivity contribution < 1.29 is 13.2 Å². The molecule has 1 aliphatic carbocycles. The molecule has 0 heterocycles. The van der Waals surface area contributed by atoms with Gasteiger partial charge in [-0.25, -0.2) is 0 Å². The Hall–Kier alpha value is -0.990. The van der Waals surface area contributed by atoms with Crippen molar-refractivity contribution in [3.8, 4) is 0 Å². The Bertz CT molecular complexity index is 306. The minimum absolute atomic E-state index is 0.568. The lowest BCUT2D eigenvalue weighted by molar-refractivity contribution is -0.137. The highest BCUT2D eigenvalue weighted by Gasteiger charge is 2.30. The Kier molecular flexibility index (Phi) is 2.25. The fourth-order valence-corrected chi connectivity index (χ4v) is 1.54. The monoisotopic (exact) mass is 199 g/mol. The van der Waals surface area contributed by atoms with Crippen molar-refractivity contribution in [3.05, 3.63) is 41.3 Å². The van der Waals surface area contributed by atoms with Crippen LogP contribution in [-0.2, 0) is 6.18 Å². The summed E-state index contributed by atoms with van der Waals surface area (Å²) in [6, 6.07) is 5.44. The molecule has 1 saturated carbocycles. The van der Waals surface area contributed by atoms with Crippen LogP contribution in [0.15, 0.2) is 24.3 Å². The number of benzene rings is 1. The predicted molar refractivity (Wildman–Crippen MR) is 47.6 cm³/mol. The van der Waals surface area contributed by atoms with Crippen LogP contribution in [-0.4, -0.2) is 0 Å². The Morgan fingerprint density at radius 1 is 0.929 bits per heavy atom. The molecule has 0 saturated heterocycles. The van der Waals surface area contributed by atoms with Crippen LogP contribution in [0.5, 0.6) is 0 Å². The molecule has 2 rings (SSSR count). The van der Waals surface area contributed by atoms with Gasteiger partial charge in [-0.05, 0) is 30.5 Å². The Morgan fingerprint density at radius 2 is 1.50 bits per heavy atom. The summed E-state index contributed by atoms with van der Waals surface area (Å²) in [6.07, 6.45) is -0.990. The highest BCUT2D eigenvalue weighted by Crippen LogP contribution is 2.36. The van der Waals surface area contributed by atoms with Crippen LogP contribution in [0.4, 0.5) is 13.2 Å². The minimum Gasteiger partial charge on any atom is -0.166 e. The van der Waals surface area contributed by atoms with E-state index >= 15 is 0 Å². The lowest BCUT2D eigenvalue weighted by Gasteiger charge is -2.25. The molecule has 1 fully saturated rings. The molecule has 0 spiro atoms. The van der Waals surface area contributed by atoms with Crippen molar-refractivity contribution in [2.24, 2.45) is 0 Å². The molecule has 0 N–H and O–H groups in total. The molecule has 1 aromatic rings. The smallest absolute Gasteiger partial charge is 0.166 e. The van der Waals surface area contributed by atoms with Gasteiger partial charge in [0.1, 0.15) is 0 Å². The van der Waals surface area contributed by atoms with Crippen LogP contribution >= 0.6 is 0 Å². The van der Waals surface area contributed by atoms with Gasteiger partial charge in [-0.2, -0.15) is 13.2 Å². The summed E-state index contributed by atoms with van der Waals surface area (Å²) in [4.78, 5) is 0. The van der Waals surface area contributed by atoms with E-state index in [1.54, 1.807) is 12.1 Å². The first-order valence-electron chi connectivity index (χ1n) is 4.60. The first-order chi connectivity index (χ1) is 6.57. The van der Waals surface area contributed by atoms with Crippen LogP contribution in [0.2, 0.25) is 0 Å². The molecule has 3 heteroatoms. The maximum Gasteiger partial charge on any atom is 0.416 e. The van der Waals surface area contributed by atoms with Crippen molar-refractivity contribution in [1.82, 2.24) is 0 Å². The average Bonchev–Trinajstić information content (AvgIpc) is 2.00. The Labute approximate surface area is 80.7 Å². The molecule has 75 valence electrons. The topological polar surface area (TPSA) is 0 Å². The largest absolute Gasteiger partial charge is 0.416 e. The molecular weight excluding hydrogens is 189 g/mol. The fourth-order valence-electron chi connectivity index (χ4n) is 1.54. The number of halogens is 3. The Morgan fingerprint density at radius 3 is 1.86 bits per heavy atom. The van der Waals surface area contributed by atoms with E-state index < -0.39 is 11.7 Å². The number of hydrogen-bond acceptors (Lipinski definition) is 0. The summed E-state index contributed by atoms with van der Waals surface area (Å²) in [5.74, 6) is 1.28. The minimum atomic E-state index is -4.22. The molecule has 0 atom stereocenters. The summed E-state index contributed by atoms with van der Waals surface area (Å²) in [6.45, 7) is 0. The van der Waals surface area contributed by atoms with Crippen molar-refractivity contribution in [2.45, 2.75) is 25.4 Å². The summed E-state index contributed by atoms with van der Waals surface area (Å²) in [5.41, 5.74) is 0.394. The second-order valence-corrected chi connectivity index (χ2v) is 3.53. The number of alkyl halides is 3. The maximum atomic E-state index is 12.2. The van der Waals surface area contributed by atoms with E-state index in [-0.39, 0.29) is 0 Å². The standard InChI is InChI=1S/C11H10F3/c12-11(13,14)10-6-4-9(5-7-10)8-2-1-3-8/h4-7H,1-3H2. The van der Waals surface area contributed by atoms with Crippen molar-refractivity contribution >= 4 is 0 Å². The number of rotatable bonds is 1. The molecular formula is C11H10F3. The van der Waals surface area contributed by atoms with E-state index in [1.165, 1.54) is 5.92 Å². The molecule has 0 bridgehead atoms. The summed E-state index contributed by atoms with van der Waals surface area (Å²) in [7, 11) is 0. The van der Waals surface area contributed by atoms with Crippen LogP contribution < -0.4 is 0 Å². The third-order valence-corrected chi connectivity index (χ3v) is 2.58. The van der Waals surface area contributed by atoms with Gasteiger partial charge in [0.15, 0.2) is 0 Å².